The lowest BCUT2D eigenvalue weighted by molar-refractivity contribution is 0.0635. The van der Waals surface area contributed by atoms with Crippen LogP contribution in [0.4, 0.5) is 31.0 Å². The van der Waals surface area contributed by atoms with Gasteiger partial charge in [0.25, 0.3) is 5.91 Å². The van der Waals surface area contributed by atoms with Gasteiger partial charge in [-0.05, 0) is 89.3 Å². The van der Waals surface area contributed by atoms with Crippen LogP contribution in [-0.2, 0) is 11.3 Å². The first-order chi connectivity index (χ1) is 19.3. The zero-order chi connectivity index (χ0) is 30.2. The third kappa shape index (κ3) is 9.91. The van der Waals surface area contributed by atoms with E-state index in [2.05, 4.69) is 16.0 Å². The van der Waals surface area contributed by atoms with E-state index in [0.29, 0.717) is 47.8 Å². The first-order valence-electron chi connectivity index (χ1n) is 13.3. The second-order valence-electron chi connectivity index (χ2n) is 10.9. The van der Waals surface area contributed by atoms with Crippen molar-refractivity contribution in [3.63, 3.8) is 0 Å². The number of ether oxygens (including phenoxy) is 1. The van der Waals surface area contributed by atoms with Crippen LogP contribution in [0.1, 0.15) is 42.3 Å². The lowest BCUT2D eigenvalue weighted by Crippen LogP contribution is -2.39. The Balaban J connectivity index is 1.68. The number of amides is 4. The Morgan fingerprint density at radius 3 is 2.07 bits per heavy atom. The number of hydrogen-bond donors (Lipinski definition) is 3. The summed E-state index contributed by atoms with van der Waals surface area (Å²) in [4.78, 5) is 41.9. The Kier molecular flexibility index (Phi) is 10.4. The molecule has 0 radical (unpaired) electrons. The summed E-state index contributed by atoms with van der Waals surface area (Å²) in [6, 6.07) is 18.0. The van der Waals surface area contributed by atoms with E-state index in [-0.39, 0.29) is 17.8 Å². The number of para-hydroxylation sites is 2. The van der Waals surface area contributed by atoms with Gasteiger partial charge in [-0.3, -0.25) is 10.1 Å². The molecule has 41 heavy (non-hydrogen) atoms. The molecule has 0 aliphatic rings. The number of rotatable bonds is 9. The summed E-state index contributed by atoms with van der Waals surface area (Å²) in [6.45, 7) is 8.32. The van der Waals surface area contributed by atoms with Gasteiger partial charge in [-0.25, -0.2) is 14.0 Å². The standard InChI is InChI=1S/C31H38FN5O4/c1-21-11-16-24(19-25(21)32)33-29(39)37(18-17-36(5)6)20-22-12-14-23(15-13-22)28(38)34-26-9-7-8-10-27(26)35-30(40)41-31(2,3)4/h7-16,19H,17-18,20H2,1-6H3,(H,33,39)(H,34,38)(H,35,40). The summed E-state index contributed by atoms with van der Waals surface area (Å²) in [7, 11) is 3.83. The van der Waals surface area contributed by atoms with Gasteiger partial charge in [0.2, 0.25) is 0 Å². The van der Waals surface area contributed by atoms with Crippen molar-refractivity contribution >= 4 is 35.1 Å². The molecule has 0 saturated carbocycles. The Labute approximate surface area is 240 Å². The van der Waals surface area contributed by atoms with Gasteiger partial charge in [-0.1, -0.05) is 30.3 Å². The lowest BCUT2D eigenvalue weighted by Gasteiger charge is -2.25. The summed E-state index contributed by atoms with van der Waals surface area (Å²) >= 11 is 0. The van der Waals surface area contributed by atoms with E-state index < -0.39 is 11.7 Å². The average molecular weight is 564 g/mol. The summed E-state index contributed by atoms with van der Waals surface area (Å²) in [5.74, 6) is -0.752. The summed E-state index contributed by atoms with van der Waals surface area (Å²) in [5, 5.41) is 8.25. The number of likely N-dealkylation sites (N-methyl/N-ethyl adjacent to an activating group) is 1. The van der Waals surface area contributed by atoms with E-state index in [1.54, 1.807) is 93.3 Å². The molecule has 0 aromatic heterocycles. The van der Waals surface area contributed by atoms with Crippen LogP contribution in [0, 0.1) is 12.7 Å². The van der Waals surface area contributed by atoms with Crippen molar-refractivity contribution in [2.45, 2.75) is 39.8 Å². The molecule has 0 saturated heterocycles. The maximum atomic E-state index is 14.0. The first-order valence-corrected chi connectivity index (χ1v) is 13.3. The molecule has 0 aliphatic carbocycles. The molecule has 0 atom stereocenters. The van der Waals surface area contributed by atoms with Gasteiger partial charge in [0.1, 0.15) is 11.4 Å². The van der Waals surface area contributed by atoms with E-state index in [1.807, 2.05) is 19.0 Å². The zero-order valence-corrected chi connectivity index (χ0v) is 24.4. The first kappa shape index (κ1) is 31.1. The number of carbonyl (C=O) groups excluding carboxylic acids is 3. The maximum Gasteiger partial charge on any atom is 0.412 e. The number of hydrogen-bond acceptors (Lipinski definition) is 5. The Morgan fingerprint density at radius 1 is 0.854 bits per heavy atom. The van der Waals surface area contributed by atoms with Gasteiger partial charge in [0.15, 0.2) is 0 Å². The van der Waals surface area contributed by atoms with Gasteiger partial charge < -0.3 is 25.2 Å². The minimum Gasteiger partial charge on any atom is -0.444 e. The Bertz CT molecular complexity index is 1370. The molecule has 0 heterocycles. The van der Waals surface area contributed by atoms with E-state index in [0.717, 1.165) is 5.56 Å². The fourth-order valence-corrected chi connectivity index (χ4v) is 3.74. The quantitative estimate of drug-likeness (QED) is 0.282. The zero-order valence-electron chi connectivity index (χ0n) is 24.4. The summed E-state index contributed by atoms with van der Waals surface area (Å²) < 4.78 is 19.3. The van der Waals surface area contributed by atoms with Crippen molar-refractivity contribution < 1.29 is 23.5 Å². The van der Waals surface area contributed by atoms with E-state index in [4.69, 9.17) is 4.74 Å². The Morgan fingerprint density at radius 2 is 1.49 bits per heavy atom. The largest absolute Gasteiger partial charge is 0.444 e. The third-order valence-corrected chi connectivity index (χ3v) is 5.93. The summed E-state index contributed by atoms with van der Waals surface area (Å²) in [5.41, 5.74) is 2.26. The second kappa shape index (κ2) is 13.8. The van der Waals surface area contributed by atoms with E-state index >= 15 is 0 Å². The highest BCUT2D eigenvalue weighted by Gasteiger charge is 2.19. The minimum absolute atomic E-state index is 0.290. The van der Waals surface area contributed by atoms with Crippen LogP contribution in [0.5, 0.6) is 0 Å². The highest BCUT2D eigenvalue weighted by Crippen LogP contribution is 2.23. The molecule has 0 fully saturated rings. The topological polar surface area (TPSA) is 103 Å². The van der Waals surface area contributed by atoms with Crippen LogP contribution in [0.2, 0.25) is 0 Å². The molecule has 3 aromatic rings. The van der Waals surface area contributed by atoms with Crippen LogP contribution in [0.3, 0.4) is 0 Å². The maximum absolute atomic E-state index is 14.0. The van der Waals surface area contributed by atoms with Crippen LogP contribution < -0.4 is 16.0 Å². The Hall–Kier alpha value is -4.44. The number of urea groups is 1. The lowest BCUT2D eigenvalue weighted by atomic mass is 10.1. The minimum atomic E-state index is -0.661. The van der Waals surface area contributed by atoms with Gasteiger partial charge in [0, 0.05) is 30.9 Å². The molecule has 0 spiro atoms. The molecule has 0 bridgehead atoms. The summed E-state index contributed by atoms with van der Waals surface area (Å²) in [6.07, 6.45) is -0.626. The van der Waals surface area contributed by atoms with Crippen molar-refractivity contribution in [1.29, 1.82) is 0 Å². The van der Waals surface area contributed by atoms with Crippen molar-refractivity contribution in [3.8, 4) is 0 Å². The molecular formula is C31H38FN5O4. The van der Waals surface area contributed by atoms with Crippen LogP contribution in [0.15, 0.2) is 66.7 Å². The highest BCUT2D eigenvalue weighted by molar-refractivity contribution is 6.06. The number of halogens is 1. The van der Waals surface area contributed by atoms with Crippen molar-refractivity contribution in [2.75, 3.05) is 43.1 Å². The molecule has 0 unspecified atom stereocenters. The molecule has 3 N–H and O–H groups in total. The molecule has 3 rings (SSSR count). The third-order valence-electron chi connectivity index (χ3n) is 5.93. The average Bonchev–Trinajstić information content (AvgIpc) is 2.89. The van der Waals surface area contributed by atoms with Gasteiger partial charge in [-0.2, -0.15) is 0 Å². The van der Waals surface area contributed by atoms with Crippen LogP contribution in [0.25, 0.3) is 0 Å². The predicted molar refractivity (Wildman–Crippen MR) is 160 cm³/mol. The smallest absolute Gasteiger partial charge is 0.412 e. The molecule has 4 amide bonds. The van der Waals surface area contributed by atoms with Gasteiger partial charge in [0.05, 0.1) is 11.4 Å². The number of nitrogens with one attached hydrogen (secondary N) is 3. The number of benzene rings is 3. The van der Waals surface area contributed by atoms with Crippen molar-refractivity contribution in [2.24, 2.45) is 0 Å². The van der Waals surface area contributed by atoms with Crippen molar-refractivity contribution in [1.82, 2.24) is 9.80 Å². The fraction of sp³-hybridized carbons (Fsp3) is 0.323. The molecule has 3 aromatic carbocycles. The SMILES string of the molecule is Cc1ccc(NC(=O)N(CCN(C)C)Cc2ccc(C(=O)Nc3ccccc3NC(=O)OC(C)(C)C)cc2)cc1F. The highest BCUT2D eigenvalue weighted by atomic mass is 19.1. The normalized spacial score (nSPS) is 11.1. The molecule has 0 aliphatic heterocycles. The van der Waals surface area contributed by atoms with Crippen LogP contribution in [-0.4, -0.2) is 60.6 Å². The monoisotopic (exact) mass is 563 g/mol. The van der Waals surface area contributed by atoms with E-state index in [1.165, 1.54) is 6.07 Å². The number of anilines is 3. The van der Waals surface area contributed by atoms with Gasteiger partial charge in [-0.15, -0.1) is 0 Å². The number of nitrogens with zero attached hydrogens (tertiary/aromatic N) is 2. The van der Waals surface area contributed by atoms with Crippen LogP contribution >= 0.6 is 0 Å². The van der Waals surface area contributed by atoms with Crippen molar-refractivity contribution in [3.05, 3.63) is 89.2 Å². The second-order valence-corrected chi connectivity index (χ2v) is 10.9. The molecule has 9 nitrogen and oxygen atoms in total. The molecular weight excluding hydrogens is 525 g/mol. The molecule has 10 heteroatoms. The molecule has 218 valence electrons. The van der Waals surface area contributed by atoms with E-state index in [9.17, 15) is 18.8 Å². The number of carbonyl (C=O) groups is 3. The van der Waals surface area contributed by atoms with Gasteiger partial charge >= 0.3 is 12.1 Å². The number of aryl methyl sites for hydroxylation is 1. The predicted octanol–water partition coefficient (Wildman–Crippen LogP) is 6.33. The fourth-order valence-electron chi connectivity index (χ4n) is 3.74.